The van der Waals surface area contributed by atoms with E-state index in [1.54, 1.807) is 0 Å². The number of ether oxygens (including phenoxy) is 1. The van der Waals surface area contributed by atoms with Crippen molar-refractivity contribution in [1.29, 1.82) is 0 Å². The van der Waals surface area contributed by atoms with E-state index in [-0.39, 0.29) is 12.5 Å². The van der Waals surface area contributed by atoms with E-state index >= 15 is 0 Å². The first kappa shape index (κ1) is 23.3. The van der Waals surface area contributed by atoms with Gasteiger partial charge in [0.15, 0.2) is 0 Å². The lowest BCUT2D eigenvalue weighted by atomic mass is 9.92. The number of amides is 3. The topological polar surface area (TPSA) is 186 Å². The van der Waals surface area contributed by atoms with Gasteiger partial charge in [0.1, 0.15) is 18.3 Å². The van der Waals surface area contributed by atoms with E-state index < -0.39 is 60.5 Å². The molecule has 0 saturated heterocycles. The minimum absolute atomic E-state index is 0.331. The summed E-state index contributed by atoms with van der Waals surface area (Å²) in [6.45, 7) is 1.24. The Morgan fingerprint density at radius 3 is 2.29 bits per heavy atom. The molecule has 0 aromatic carbocycles. The first-order valence-electron chi connectivity index (χ1n) is 8.34. The monoisotopic (exact) mass is 403 g/mol. The van der Waals surface area contributed by atoms with Crippen molar-refractivity contribution in [2.24, 2.45) is 0 Å². The fourth-order valence-corrected chi connectivity index (χ4v) is 2.56. The van der Waals surface area contributed by atoms with Gasteiger partial charge >= 0.3 is 5.97 Å². The number of hydrogen-bond acceptors (Lipinski definition) is 8. The van der Waals surface area contributed by atoms with Crippen molar-refractivity contribution in [3.63, 3.8) is 0 Å². The Balaban J connectivity index is 3.19. The summed E-state index contributed by atoms with van der Waals surface area (Å²) in [5.74, 6) is -3.73. The molecule has 1 rings (SSSR count). The SMILES string of the molecule is CC(=O)N[C@H]1[C@@H]([C@H](O)[C@H](O)CO)OC(C(=O)O)=C[C@@H]1NC(=O)CN(C)C(C)=O. The van der Waals surface area contributed by atoms with E-state index in [2.05, 4.69) is 10.6 Å². The Hall–Kier alpha value is -2.70. The van der Waals surface area contributed by atoms with Crippen molar-refractivity contribution in [2.75, 3.05) is 20.2 Å². The van der Waals surface area contributed by atoms with E-state index in [9.17, 15) is 34.5 Å². The average molecular weight is 403 g/mol. The summed E-state index contributed by atoms with van der Waals surface area (Å²) >= 11 is 0. The Kier molecular flexibility index (Phi) is 8.35. The highest BCUT2D eigenvalue weighted by Gasteiger charge is 2.44. The van der Waals surface area contributed by atoms with E-state index in [0.29, 0.717) is 0 Å². The molecule has 1 aliphatic rings. The van der Waals surface area contributed by atoms with Crippen LogP contribution >= 0.6 is 0 Å². The highest BCUT2D eigenvalue weighted by molar-refractivity contribution is 5.86. The van der Waals surface area contributed by atoms with Crippen molar-refractivity contribution in [3.05, 3.63) is 11.8 Å². The van der Waals surface area contributed by atoms with Crippen molar-refractivity contribution in [1.82, 2.24) is 15.5 Å². The van der Waals surface area contributed by atoms with Crippen LogP contribution in [0.15, 0.2) is 11.8 Å². The largest absolute Gasteiger partial charge is 0.478 e. The molecule has 0 bridgehead atoms. The van der Waals surface area contributed by atoms with E-state index in [4.69, 9.17) is 9.84 Å². The number of hydrogen-bond donors (Lipinski definition) is 6. The number of aliphatic hydroxyl groups excluding tert-OH is 3. The second-order valence-corrected chi connectivity index (χ2v) is 6.35. The van der Waals surface area contributed by atoms with Crippen LogP contribution in [-0.2, 0) is 23.9 Å². The van der Waals surface area contributed by atoms with Gasteiger partial charge in [0.05, 0.1) is 25.2 Å². The third-order valence-electron chi connectivity index (χ3n) is 4.08. The maximum Gasteiger partial charge on any atom is 0.370 e. The molecule has 0 aromatic heterocycles. The van der Waals surface area contributed by atoms with Gasteiger partial charge in [-0.15, -0.1) is 0 Å². The molecule has 3 amide bonds. The normalized spacial score (nSPS) is 23.5. The molecule has 0 spiro atoms. The summed E-state index contributed by atoms with van der Waals surface area (Å²) in [5.41, 5.74) is 0. The van der Waals surface area contributed by atoms with E-state index in [1.165, 1.54) is 14.0 Å². The zero-order valence-corrected chi connectivity index (χ0v) is 15.7. The Bertz CT molecular complexity index is 651. The highest BCUT2D eigenvalue weighted by Crippen LogP contribution is 2.23. The molecular formula is C16H25N3O9. The number of carbonyl (C=O) groups excluding carboxylic acids is 3. The van der Waals surface area contributed by atoms with Gasteiger partial charge in [0.25, 0.3) is 0 Å². The zero-order valence-electron chi connectivity index (χ0n) is 15.7. The lowest BCUT2D eigenvalue weighted by molar-refractivity contribution is -0.147. The minimum atomic E-state index is -1.77. The lowest BCUT2D eigenvalue weighted by Crippen LogP contribution is -2.64. The molecule has 0 aromatic rings. The van der Waals surface area contributed by atoms with Crippen molar-refractivity contribution in [2.45, 2.75) is 44.2 Å². The van der Waals surface area contributed by atoms with E-state index in [0.717, 1.165) is 17.9 Å². The van der Waals surface area contributed by atoms with Gasteiger partial charge in [-0.1, -0.05) is 0 Å². The summed E-state index contributed by atoms with van der Waals surface area (Å²) in [6.07, 6.45) is -3.92. The number of carbonyl (C=O) groups is 4. The number of aliphatic hydroxyl groups is 3. The molecule has 6 N–H and O–H groups in total. The summed E-state index contributed by atoms with van der Waals surface area (Å²) in [5, 5.41) is 43.1. The fourth-order valence-electron chi connectivity index (χ4n) is 2.56. The highest BCUT2D eigenvalue weighted by atomic mass is 16.5. The standard InChI is InChI=1S/C16H25N3O9/c1-7(21)17-13-9(18-12(24)5-19(3)8(2)22)4-11(16(26)27)28-15(13)14(25)10(23)6-20/h4,9-10,13-15,20,23,25H,5-6H2,1-3H3,(H,17,21)(H,18,24)(H,26,27)/t9-,10+,13+,14+,15-/m0/s1. The van der Waals surface area contributed by atoms with Crippen LogP contribution < -0.4 is 10.6 Å². The van der Waals surface area contributed by atoms with Gasteiger partial charge in [0, 0.05) is 20.9 Å². The Morgan fingerprint density at radius 2 is 1.82 bits per heavy atom. The fraction of sp³-hybridized carbons (Fsp3) is 0.625. The Labute approximate surface area is 160 Å². The predicted molar refractivity (Wildman–Crippen MR) is 92.5 cm³/mol. The van der Waals surface area contributed by atoms with Crippen LogP contribution in [0.3, 0.4) is 0 Å². The van der Waals surface area contributed by atoms with Crippen LogP contribution in [-0.4, -0.2) is 99.6 Å². The second kappa shape index (κ2) is 10.0. The minimum Gasteiger partial charge on any atom is -0.478 e. The number of likely N-dealkylation sites (N-methyl/N-ethyl adjacent to an activating group) is 1. The molecule has 12 heteroatoms. The van der Waals surface area contributed by atoms with Crippen LogP contribution in [0.5, 0.6) is 0 Å². The van der Waals surface area contributed by atoms with Crippen LogP contribution in [0.1, 0.15) is 13.8 Å². The number of carboxylic acid groups (broad SMARTS) is 1. The number of carboxylic acids is 1. The average Bonchev–Trinajstić information content (AvgIpc) is 2.60. The molecule has 1 heterocycles. The van der Waals surface area contributed by atoms with Crippen LogP contribution in [0.4, 0.5) is 0 Å². The number of aliphatic carboxylic acids is 1. The summed E-state index contributed by atoms with van der Waals surface area (Å²) in [6, 6.07) is -2.30. The molecule has 5 atom stereocenters. The second-order valence-electron chi connectivity index (χ2n) is 6.35. The van der Waals surface area contributed by atoms with Gasteiger partial charge in [0.2, 0.25) is 23.5 Å². The summed E-state index contributed by atoms with van der Waals surface area (Å²) in [4.78, 5) is 47.5. The third kappa shape index (κ3) is 6.18. The molecule has 28 heavy (non-hydrogen) atoms. The molecule has 0 radical (unpaired) electrons. The van der Waals surface area contributed by atoms with Crippen LogP contribution in [0, 0.1) is 0 Å². The van der Waals surface area contributed by atoms with Crippen LogP contribution in [0.2, 0.25) is 0 Å². The molecule has 0 fully saturated rings. The first-order chi connectivity index (χ1) is 13.0. The number of rotatable bonds is 8. The zero-order chi connectivity index (χ0) is 21.6. The summed E-state index contributed by atoms with van der Waals surface area (Å²) in [7, 11) is 1.39. The molecule has 0 saturated carbocycles. The molecule has 12 nitrogen and oxygen atoms in total. The third-order valence-corrected chi connectivity index (χ3v) is 4.08. The van der Waals surface area contributed by atoms with Crippen molar-refractivity contribution < 1.29 is 44.3 Å². The lowest BCUT2D eigenvalue weighted by Gasteiger charge is -2.40. The molecule has 0 unspecified atom stereocenters. The van der Waals surface area contributed by atoms with Crippen LogP contribution in [0.25, 0.3) is 0 Å². The van der Waals surface area contributed by atoms with Gasteiger partial charge in [-0.2, -0.15) is 0 Å². The number of nitrogens with one attached hydrogen (secondary N) is 2. The quantitative estimate of drug-likeness (QED) is 0.239. The van der Waals surface area contributed by atoms with Gasteiger partial charge in [-0.25, -0.2) is 4.79 Å². The van der Waals surface area contributed by atoms with Gasteiger partial charge in [-0.05, 0) is 6.08 Å². The molecule has 1 aliphatic heterocycles. The smallest absolute Gasteiger partial charge is 0.370 e. The van der Waals surface area contributed by atoms with Crippen molar-refractivity contribution >= 4 is 23.7 Å². The Morgan fingerprint density at radius 1 is 1.21 bits per heavy atom. The number of nitrogens with zero attached hydrogens (tertiary/aromatic N) is 1. The molecular weight excluding hydrogens is 378 g/mol. The van der Waals surface area contributed by atoms with Gasteiger partial charge in [-0.3, -0.25) is 14.4 Å². The maximum absolute atomic E-state index is 12.2. The predicted octanol–water partition coefficient (Wildman–Crippen LogP) is -3.46. The maximum atomic E-state index is 12.2. The summed E-state index contributed by atoms with van der Waals surface area (Å²) < 4.78 is 5.19. The van der Waals surface area contributed by atoms with Gasteiger partial charge < -0.3 is 40.7 Å². The molecule has 0 aliphatic carbocycles. The molecule has 158 valence electrons. The van der Waals surface area contributed by atoms with Crippen molar-refractivity contribution in [3.8, 4) is 0 Å². The first-order valence-corrected chi connectivity index (χ1v) is 8.34. The van der Waals surface area contributed by atoms with E-state index in [1.807, 2.05) is 0 Å².